The fraction of sp³-hybridized carbons (Fsp3) is 0.429. The van der Waals surface area contributed by atoms with Gasteiger partial charge in [-0.1, -0.05) is 19.4 Å². The lowest BCUT2D eigenvalue weighted by atomic mass is 10.1. The number of unbranched alkanes of at least 4 members (excludes halogenated alkanes) is 1. The van der Waals surface area contributed by atoms with Crippen LogP contribution in [0.5, 0.6) is 5.75 Å². The molecular weight excluding hydrogens is 262 g/mol. The van der Waals surface area contributed by atoms with Gasteiger partial charge in [-0.3, -0.25) is 5.73 Å². The molecule has 0 bridgehead atoms. The Hall–Kier alpha value is -2.08. The van der Waals surface area contributed by atoms with Crippen molar-refractivity contribution in [1.82, 2.24) is 0 Å². The molecule has 1 aromatic carbocycles. The molecule has 0 fully saturated rings. The van der Waals surface area contributed by atoms with Crippen LogP contribution >= 0.6 is 0 Å². The van der Waals surface area contributed by atoms with Crippen molar-refractivity contribution in [2.45, 2.75) is 26.7 Å². The smallest absolute Gasteiger partial charge is 0.479 e. The SMILES string of the molecule is CCCCOC(=O)OC(=O)c1cc(OCN)ccc1C. The van der Waals surface area contributed by atoms with Gasteiger partial charge in [-0.15, -0.1) is 0 Å². The first-order chi connectivity index (χ1) is 9.58. The fourth-order valence-electron chi connectivity index (χ4n) is 1.47. The summed E-state index contributed by atoms with van der Waals surface area (Å²) in [4.78, 5) is 23.2. The van der Waals surface area contributed by atoms with Crippen molar-refractivity contribution in [2.75, 3.05) is 13.3 Å². The molecule has 0 atom stereocenters. The number of carbonyl (C=O) groups excluding carboxylic acids is 2. The van der Waals surface area contributed by atoms with Crippen molar-refractivity contribution < 1.29 is 23.8 Å². The summed E-state index contributed by atoms with van der Waals surface area (Å²) in [5.74, 6) is -0.337. The van der Waals surface area contributed by atoms with Crippen LogP contribution in [-0.2, 0) is 9.47 Å². The molecule has 0 unspecified atom stereocenters. The fourth-order valence-corrected chi connectivity index (χ4v) is 1.47. The third-order valence-electron chi connectivity index (χ3n) is 2.57. The van der Waals surface area contributed by atoms with E-state index in [9.17, 15) is 9.59 Å². The summed E-state index contributed by atoms with van der Waals surface area (Å²) in [5, 5.41) is 0. The highest BCUT2D eigenvalue weighted by Gasteiger charge is 2.17. The van der Waals surface area contributed by atoms with E-state index in [-0.39, 0.29) is 18.9 Å². The van der Waals surface area contributed by atoms with Crippen LogP contribution in [0.25, 0.3) is 0 Å². The molecule has 0 saturated heterocycles. The van der Waals surface area contributed by atoms with E-state index >= 15 is 0 Å². The number of benzene rings is 1. The van der Waals surface area contributed by atoms with Crippen LogP contribution in [0.15, 0.2) is 18.2 Å². The van der Waals surface area contributed by atoms with E-state index in [1.807, 2.05) is 6.92 Å². The Morgan fingerprint density at radius 2 is 2.05 bits per heavy atom. The van der Waals surface area contributed by atoms with E-state index in [1.54, 1.807) is 19.1 Å². The second-order valence-electron chi connectivity index (χ2n) is 4.13. The lowest BCUT2D eigenvalue weighted by Gasteiger charge is -2.08. The number of nitrogens with two attached hydrogens (primary N) is 1. The number of hydrogen-bond acceptors (Lipinski definition) is 6. The summed E-state index contributed by atoms with van der Waals surface area (Å²) in [5.41, 5.74) is 6.17. The molecule has 0 aromatic heterocycles. The molecule has 0 spiro atoms. The van der Waals surface area contributed by atoms with E-state index in [0.29, 0.717) is 11.3 Å². The van der Waals surface area contributed by atoms with Gasteiger partial charge in [-0.25, -0.2) is 9.59 Å². The topological polar surface area (TPSA) is 87.8 Å². The van der Waals surface area contributed by atoms with Crippen LogP contribution in [0.1, 0.15) is 35.7 Å². The molecular formula is C14H19NO5. The first-order valence-corrected chi connectivity index (χ1v) is 6.41. The zero-order valence-electron chi connectivity index (χ0n) is 11.7. The predicted octanol–water partition coefficient (Wildman–Crippen LogP) is 2.38. The Labute approximate surface area is 117 Å². The van der Waals surface area contributed by atoms with E-state index < -0.39 is 12.1 Å². The number of hydrogen-bond donors (Lipinski definition) is 1. The number of esters is 1. The Morgan fingerprint density at radius 1 is 1.30 bits per heavy atom. The Kier molecular flexibility index (Phi) is 6.52. The summed E-state index contributed by atoms with van der Waals surface area (Å²) in [7, 11) is 0. The molecule has 110 valence electrons. The minimum Gasteiger partial charge on any atom is -0.479 e. The molecule has 1 aromatic rings. The Balaban J connectivity index is 2.66. The van der Waals surface area contributed by atoms with Crippen LogP contribution in [0.3, 0.4) is 0 Å². The maximum atomic E-state index is 11.9. The highest BCUT2D eigenvalue weighted by molar-refractivity contribution is 5.96. The lowest BCUT2D eigenvalue weighted by molar-refractivity contribution is 0.0381. The molecule has 0 aliphatic rings. The molecule has 1 rings (SSSR count). The van der Waals surface area contributed by atoms with Gasteiger partial charge in [0, 0.05) is 0 Å². The maximum absolute atomic E-state index is 11.9. The molecule has 2 N–H and O–H groups in total. The first-order valence-electron chi connectivity index (χ1n) is 6.41. The molecule has 0 saturated carbocycles. The van der Waals surface area contributed by atoms with E-state index in [2.05, 4.69) is 4.74 Å². The van der Waals surface area contributed by atoms with Crippen LogP contribution in [-0.4, -0.2) is 25.5 Å². The van der Waals surface area contributed by atoms with Crippen LogP contribution in [0.2, 0.25) is 0 Å². The number of aryl methyl sites for hydroxylation is 1. The average molecular weight is 281 g/mol. The monoisotopic (exact) mass is 281 g/mol. The number of ether oxygens (including phenoxy) is 3. The lowest BCUT2D eigenvalue weighted by Crippen LogP contribution is -2.16. The van der Waals surface area contributed by atoms with Crippen LogP contribution < -0.4 is 10.5 Å². The highest BCUT2D eigenvalue weighted by atomic mass is 16.7. The highest BCUT2D eigenvalue weighted by Crippen LogP contribution is 2.18. The average Bonchev–Trinajstić information content (AvgIpc) is 2.41. The van der Waals surface area contributed by atoms with Gasteiger partial charge in [0.05, 0.1) is 12.2 Å². The van der Waals surface area contributed by atoms with Gasteiger partial charge < -0.3 is 14.2 Å². The van der Waals surface area contributed by atoms with Gasteiger partial charge in [0.1, 0.15) is 12.5 Å². The van der Waals surface area contributed by atoms with E-state index in [1.165, 1.54) is 6.07 Å². The van der Waals surface area contributed by atoms with Crippen LogP contribution in [0.4, 0.5) is 4.79 Å². The third kappa shape index (κ3) is 4.89. The largest absolute Gasteiger partial charge is 0.516 e. The third-order valence-corrected chi connectivity index (χ3v) is 2.57. The van der Waals surface area contributed by atoms with Crippen molar-refractivity contribution in [2.24, 2.45) is 5.73 Å². The zero-order valence-corrected chi connectivity index (χ0v) is 11.7. The number of carbonyl (C=O) groups is 2. The summed E-state index contributed by atoms with van der Waals surface area (Å²) in [6, 6.07) is 4.84. The van der Waals surface area contributed by atoms with Crippen molar-refractivity contribution >= 4 is 12.1 Å². The van der Waals surface area contributed by atoms with Gasteiger partial charge in [0.2, 0.25) is 0 Å². The molecule has 0 amide bonds. The Morgan fingerprint density at radius 3 is 2.70 bits per heavy atom. The molecule has 0 heterocycles. The predicted molar refractivity (Wildman–Crippen MR) is 72.5 cm³/mol. The Bertz CT molecular complexity index is 473. The van der Waals surface area contributed by atoms with Gasteiger partial charge in [-0.05, 0) is 31.0 Å². The van der Waals surface area contributed by atoms with Gasteiger partial charge in [-0.2, -0.15) is 0 Å². The van der Waals surface area contributed by atoms with Gasteiger partial charge in [0.15, 0.2) is 0 Å². The summed E-state index contributed by atoms with van der Waals surface area (Å²) in [6.45, 7) is 3.92. The minimum atomic E-state index is -0.993. The maximum Gasteiger partial charge on any atom is 0.516 e. The molecule has 20 heavy (non-hydrogen) atoms. The summed E-state index contributed by atoms with van der Waals surface area (Å²) in [6.07, 6.45) is 0.619. The van der Waals surface area contributed by atoms with Crippen LogP contribution in [0, 0.1) is 6.92 Å². The quantitative estimate of drug-likeness (QED) is 0.373. The second-order valence-corrected chi connectivity index (χ2v) is 4.13. The normalized spacial score (nSPS) is 9.95. The summed E-state index contributed by atoms with van der Waals surface area (Å²) >= 11 is 0. The molecule has 0 radical (unpaired) electrons. The number of rotatable bonds is 6. The first kappa shape index (κ1) is 16.0. The van der Waals surface area contributed by atoms with Crippen molar-refractivity contribution in [3.63, 3.8) is 0 Å². The van der Waals surface area contributed by atoms with Gasteiger partial charge >= 0.3 is 12.1 Å². The van der Waals surface area contributed by atoms with Crippen molar-refractivity contribution in [3.05, 3.63) is 29.3 Å². The second kappa shape index (κ2) is 8.16. The molecule has 6 nitrogen and oxygen atoms in total. The zero-order chi connectivity index (χ0) is 15.0. The molecule has 0 aliphatic heterocycles. The molecule has 6 heteroatoms. The standard InChI is InChI=1S/C14H19NO5/c1-3-4-7-18-14(17)20-13(16)12-8-11(19-9-15)6-5-10(12)2/h5-6,8H,3-4,7,9,15H2,1-2H3. The summed E-state index contributed by atoms with van der Waals surface area (Å²) < 4.78 is 14.5. The van der Waals surface area contributed by atoms with E-state index in [4.69, 9.17) is 15.2 Å². The van der Waals surface area contributed by atoms with Crippen molar-refractivity contribution in [1.29, 1.82) is 0 Å². The molecule has 0 aliphatic carbocycles. The van der Waals surface area contributed by atoms with Crippen molar-refractivity contribution in [3.8, 4) is 5.75 Å². The van der Waals surface area contributed by atoms with Gasteiger partial charge in [0.25, 0.3) is 0 Å². The minimum absolute atomic E-state index is 0.00337. The van der Waals surface area contributed by atoms with E-state index in [0.717, 1.165) is 12.8 Å².